The Morgan fingerprint density at radius 3 is 2.37 bits per heavy atom. The summed E-state index contributed by atoms with van der Waals surface area (Å²) in [5.74, 6) is 2.67. The number of guanidine groups is 1. The van der Waals surface area contributed by atoms with Crippen molar-refractivity contribution < 1.29 is 9.47 Å². The first-order valence-electron chi connectivity index (χ1n) is 8.84. The molecule has 0 aromatic heterocycles. The summed E-state index contributed by atoms with van der Waals surface area (Å²) in [6.45, 7) is 1.61. The van der Waals surface area contributed by atoms with Gasteiger partial charge in [-0.2, -0.15) is 0 Å². The summed E-state index contributed by atoms with van der Waals surface area (Å²) in [5, 5.41) is 3.43. The van der Waals surface area contributed by atoms with Crippen LogP contribution in [0.5, 0.6) is 11.5 Å². The minimum absolute atomic E-state index is 0. The Labute approximate surface area is 179 Å². The largest absolute Gasteiger partial charge is 0.497 e. The van der Waals surface area contributed by atoms with Crippen LogP contribution < -0.4 is 14.8 Å². The number of ether oxygens (including phenoxy) is 2. The zero-order valence-electron chi connectivity index (χ0n) is 16.6. The first-order valence-corrected chi connectivity index (χ1v) is 8.84. The van der Waals surface area contributed by atoms with Gasteiger partial charge in [0, 0.05) is 32.7 Å². The number of halogens is 1. The molecule has 2 rings (SSSR count). The van der Waals surface area contributed by atoms with Crippen LogP contribution in [0.2, 0.25) is 0 Å². The molecule has 0 saturated heterocycles. The highest BCUT2D eigenvalue weighted by molar-refractivity contribution is 14.0. The molecule has 6 heteroatoms. The molecule has 0 aliphatic rings. The molecule has 0 aliphatic heterocycles. The Balaban J connectivity index is 0.00000364. The van der Waals surface area contributed by atoms with Crippen LogP contribution in [0.3, 0.4) is 0 Å². The van der Waals surface area contributed by atoms with Crippen molar-refractivity contribution in [1.29, 1.82) is 0 Å². The smallest absolute Gasteiger partial charge is 0.193 e. The number of methoxy groups -OCH3 is 2. The number of aryl methyl sites for hydroxylation is 1. The molecule has 0 fully saturated rings. The maximum atomic E-state index is 5.43. The van der Waals surface area contributed by atoms with Gasteiger partial charge in [-0.25, -0.2) is 0 Å². The third-order valence-corrected chi connectivity index (χ3v) is 4.26. The summed E-state index contributed by atoms with van der Waals surface area (Å²) >= 11 is 0. The van der Waals surface area contributed by atoms with Gasteiger partial charge in [-0.3, -0.25) is 4.99 Å². The van der Waals surface area contributed by atoms with Crippen molar-refractivity contribution in [2.24, 2.45) is 4.99 Å². The van der Waals surface area contributed by atoms with Crippen LogP contribution in [0.1, 0.15) is 17.5 Å². The van der Waals surface area contributed by atoms with Gasteiger partial charge in [-0.15, -0.1) is 24.0 Å². The second kappa shape index (κ2) is 12.4. The molecule has 2 aromatic carbocycles. The SMILES string of the molecule is CN=C(NCCCc1ccc(OC)cc1)N(C)Cc1ccccc1OC.I. The lowest BCUT2D eigenvalue weighted by atomic mass is 10.1. The van der Waals surface area contributed by atoms with Crippen molar-refractivity contribution in [3.63, 3.8) is 0 Å². The van der Waals surface area contributed by atoms with Crippen LogP contribution in [-0.2, 0) is 13.0 Å². The Bertz CT molecular complexity index is 705. The van der Waals surface area contributed by atoms with E-state index >= 15 is 0 Å². The number of nitrogens with one attached hydrogen (secondary N) is 1. The van der Waals surface area contributed by atoms with E-state index in [1.165, 1.54) is 5.56 Å². The topological polar surface area (TPSA) is 46.1 Å². The summed E-state index contributed by atoms with van der Waals surface area (Å²) < 4.78 is 10.6. The summed E-state index contributed by atoms with van der Waals surface area (Å²) in [6, 6.07) is 16.3. The van der Waals surface area contributed by atoms with Crippen LogP contribution in [0, 0.1) is 0 Å². The van der Waals surface area contributed by atoms with Crippen LogP contribution in [-0.4, -0.2) is 45.7 Å². The standard InChI is InChI=1S/C21H29N3O2.HI/c1-22-21(24(2)16-18-9-5-6-10-20(18)26-4)23-15-7-8-17-11-13-19(25-3)14-12-17;/h5-6,9-14H,7-8,15-16H2,1-4H3,(H,22,23);1H. The molecule has 0 spiro atoms. The number of benzene rings is 2. The second-order valence-electron chi connectivity index (χ2n) is 6.09. The van der Waals surface area contributed by atoms with E-state index in [4.69, 9.17) is 9.47 Å². The van der Waals surface area contributed by atoms with Gasteiger partial charge < -0.3 is 19.7 Å². The lowest BCUT2D eigenvalue weighted by molar-refractivity contribution is 0.396. The van der Waals surface area contributed by atoms with Crippen molar-refractivity contribution in [3.8, 4) is 11.5 Å². The molecule has 27 heavy (non-hydrogen) atoms. The summed E-state index contributed by atoms with van der Waals surface area (Å²) in [6.07, 6.45) is 2.05. The molecule has 0 radical (unpaired) electrons. The molecule has 1 N–H and O–H groups in total. The van der Waals surface area contributed by atoms with E-state index in [1.54, 1.807) is 14.2 Å². The molecule has 5 nitrogen and oxygen atoms in total. The molecular formula is C21H30IN3O2. The Kier molecular flexibility index (Phi) is 10.6. The van der Waals surface area contributed by atoms with Gasteiger partial charge >= 0.3 is 0 Å². The number of para-hydroxylation sites is 1. The molecule has 148 valence electrons. The number of hydrogen-bond acceptors (Lipinski definition) is 3. The molecular weight excluding hydrogens is 453 g/mol. The van der Waals surface area contributed by atoms with E-state index in [-0.39, 0.29) is 24.0 Å². The fourth-order valence-corrected chi connectivity index (χ4v) is 2.83. The third kappa shape index (κ3) is 7.28. The van der Waals surface area contributed by atoms with Crippen molar-refractivity contribution >= 4 is 29.9 Å². The lowest BCUT2D eigenvalue weighted by Crippen LogP contribution is -2.39. The number of hydrogen-bond donors (Lipinski definition) is 1. The number of rotatable bonds is 8. The van der Waals surface area contributed by atoms with Gasteiger partial charge in [-0.1, -0.05) is 30.3 Å². The van der Waals surface area contributed by atoms with E-state index in [9.17, 15) is 0 Å². The van der Waals surface area contributed by atoms with Gasteiger partial charge in [0.2, 0.25) is 0 Å². The highest BCUT2D eigenvalue weighted by atomic mass is 127. The van der Waals surface area contributed by atoms with E-state index in [0.717, 1.165) is 49.0 Å². The van der Waals surface area contributed by atoms with Crippen molar-refractivity contribution in [3.05, 3.63) is 59.7 Å². The predicted molar refractivity (Wildman–Crippen MR) is 123 cm³/mol. The Hall–Kier alpha value is -1.96. The summed E-state index contributed by atoms with van der Waals surface area (Å²) in [7, 11) is 7.23. The highest BCUT2D eigenvalue weighted by Gasteiger charge is 2.09. The first kappa shape index (κ1) is 23.1. The molecule has 0 atom stereocenters. The molecule has 0 bridgehead atoms. The lowest BCUT2D eigenvalue weighted by Gasteiger charge is -2.23. The maximum Gasteiger partial charge on any atom is 0.193 e. The van der Waals surface area contributed by atoms with Crippen LogP contribution in [0.15, 0.2) is 53.5 Å². The van der Waals surface area contributed by atoms with Gasteiger partial charge in [0.1, 0.15) is 11.5 Å². The van der Waals surface area contributed by atoms with E-state index in [2.05, 4.69) is 33.4 Å². The van der Waals surface area contributed by atoms with Crippen LogP contribution in [0.25, 0.3) is 0 Å². The fourth-order valence-electron chi connectivity index (χ4n) is 2.83. The minimum Gasteiger partial charge on any atom is -0.497 e. The third-order valence-electron chi connectivity index (χ3n) is 4.26. The predicted octanol–water partition coefficient (Wildman–Crippen LogP) is 3.96. The van der Waals surface area contributed by atoms with Crippen LogP contribution >= 0.6 is 24.0 Å². The van der Waals surface area contributed by atoms with E-state index in [1.807, 2.05) is 44.4 Å². The summed E-state index contributed by atoms with van der Waals surface area (Å²) in [5.41, 5.74) is 2.45. The molecule has 2 aromatic rings. The monoisotopic (exact) mass is 483 g/mol. The van der Waals surface area contributed by atoms with Gasteiger partial charge in [0.25, 0.3) is 0 Å². The Morgan fingerprint density at radius 2 is 1.74 bits per heavy atom. The van der Waals surface area contributed by atoms with Crippen molar-refractivity contribution in [2.75, 3.05) is 34.9 Å². The van der Waals surface area contributed by atoms with Crippen molar-refractivity contribution in [1.82, 2.24) is 10.2 Å². The quantitative estimate of drug-likeness (QED) is 0.267. The zero-order valence-corrected chi connectivity index (χ0v) is 18.9. The molecule has 0 amide bonds. The molecule has 0 unspecified atom stereocenters. The number of nitrogens with zero attached hydrogens (tertiary/aromatic N) is 2. The molecule has 0 aliphatic carbocycles. The molecule has 0 heterocycles. The fraction of sp³-hybridized carbons (Fsp3) is 0.381. The average molecular weight is 483 g/mol. The van der Waals surface area contributed by atoms with E-state index in [0.29, 0.717) is 0 Å². The van der Waals surface area contributed by atoms with Gasteiger partial charge in [-0.05, 0) is 36.6 Å². The first-order chi connectivity index (χ1) is 12.7. The van der Waals surface area contributed by atoms with Gasteiger partial charge in [0.15, 0.2) is 5.96 Å². The Morgan fingerprint density at radius 1 is 1.04 bits per heavy atom. The average Bonchev–Trinajstić information content (AvgIpc) is 2.68. The second-order valence-corrected chi connectivity index (χ2v) is 6.09. The normalized spacial score (nSPS) is 10.7. The minimum atomic E-state index is 0. The van der Waals surface area contributed by atoms with Crippen molar-refractivity contribution in [2.45, 2.75) is 19.4 Å². The van der Waals surface area contributed by atoms with Crippen LogP contribution in [0.4, 0.5) is 0 Å². The van der Waals surface area contributed by atoms with Gasteiger partial charge in [0.05, 0.1) is 14.2 Å². The summed E-state index contributed by atoms with van der Waals surface area (Å²) in [4.78, 5) is 6.48. The van der Waals surface area contributed by atoms with E-state index < -0.39 is 0 Å². The zero-order chi connectivity index (χ0) is 18.8. The highest BCUT2D eigenvalue weighted by Crippen LogP contribution is 2.18. The molecule has 0 saturated carbocycles. The maximum absolute atomic E-state index is 5.43. The number of aliphatic imine (C=N–C) groups is 1.